The fourth-order valence-corrected chi connectivity index (χ4v) is 1.01. The summed E-state index contributed by atoms with van der Waals surface area (Å²) in [4.78, 5) is 9.71. The van der Waals surface area contributed by atoms with Crippen LogP contribution in [-0.4, -0.2) is 15.1 Å². The van der Waals surface area contributed by atoms with E-state index in [4.69, 9.17) is 5.11 Å². The lowest BCUT2D eigenvalue weighted by molar-refractivity contribution is -0.386. The second kappa shape index (κ2) is 3.89. The molecule has 0 spiro atoms. The van der Waals surface area contributed by atoms with Gasteiger partial charge in [-0.05, 0) is 11.6 Å². The van der Waals surface area contributed by atoms with Crippen LogP contribution in [0.3, 0.4) is 0 Å². The summed E-state index contributed by atoms with van der Waals surface area (Å²) in [7, 11) is 0. The Hall–Kier alpha value is -1.88. The van der Waals surface area contributed by atoms with Crippen molar-refractivity contribution in [3.63, 3.8) is 0 Å². The number of aliphatic hydroxyl groups is 1. The van der Waals surface area contributed by atoms with Crippen molar-refractivity contribution in [2.24, 2.45) is 0 Å². The molecule has 5 heteroatoms. The Balaban J connectivity index is 3.19. The molecular weight excluding hydrogens is 186 g/mol. The minimum atomic E-state index is -0.964. The van der Waals surface area contributed by atoms with Crippen LogP contribution < -0.4 is 0 Å². The van der Waals surface area contributed by atoms with E-state index < -0.39 is 22.5 Å². The van der Waals surface area contributed by atoms with Crippen LogP contribution in [0.2, 0.25) is 0 Å². The number of phenolic OH excluding ortho intramolecular Hbond substituents is 1. The zero-order valence-electron chi connectivity index (χ0n) is 7.25. The Morgan fingerprint density at radius 3 is 2.71 bits per heavy atom. The summed E-state index contributed by atoms with van der Waals surface area (Å²) in [5, 5.41) is 28.8. The van der Waals surface area contributed by atoms with Crippen LogP contribution in [0.25, 0.3) is 0 Å². The van der Waals surface area contributed by atoms with Gasteiger partial charge < -0.3 is 10.2 Å². The quantitative estimate of drug-likeness (QED) is 0.435. The SMILES string of the molecule is C=CC(O)c1ccc(O)c([N+](=O)[O-])c1. The number of hydrogen-bond donors (Lipinski definition) is 2. The van der Waals surface area contributed by atoms with Crippen LogP contribution >= 0.6 is 0 Å². The molecule has 0 saturated heterocycles. The normalized spacial score (nSPS) is 12.1. The first kappa shape index (κ1) is 10.2. The molecule has 0 amide bonds. The van der Waals surface area contributed by atoms with Gasteiger partial charge in [0.15, 0.2) is 5.75 Å². The van der Waals surface area contributed by atoms with E-state index >= 15 is 0 Å². The molecule has 1 aromatic carbocycles. The van der Waals surface area contributed by atoms with E-state index in [0.717, 1.165) is 6.07 Å². The second-order valence-electron chi connectivity index (χ2n) is 2.69. The predicted molar refractivity (Wildman–Crippen MR) is 49.9 cm³/mol. The fourth-order valence-electron chi connectivity index (χ4n) is 1.01. The Kier molecular flexibility index (Phi) is 2.83. The van der Waals surface area contributed by atoms with Crippen molar-refractivity contribution < 1.29 is 15.1 Å². The van der Waals surface area contributed by atoms with Crippen molar-refractivity contribution in [3.05, 3.63) is 46.5 Å². The third-order valence-corrected chi connectivity index (χ3v) is 1.76. The van der Waals surface area contributed by atoms with E-state index in [1.165, 1.54) is 18.2 Å². The Labute approximate surface area is 80.1 Å². The molecule has 0 bridgehead atoms. The lowest BCUT2D eigenvalue weighted by Crippen LogP contribution is -1.95. The standard InChI is InChI=1S/C9H9NO4/c1-2-8(11)6-3-4-9(12)7(5-6)10(13)14/h2-5,8,11-12H,1H2. The molecule has 1 atom stereocenters. The molecule has 0 saturated carbocycles. The van der Waals surface area contributed by atoms with E-state index in [9.17, 15) is 15.2 Å². The van der Waals surface area contributed by atoms with Crippen molar-refractivity contribution in [1.29, 1.82) is 0 Å². The average molecular weight is 195 g/mol. The van der Waals surface area contributed by atoms with Gasteiger partial charge in [-0.25, -0.2) is 0 Å². The Morgan fingerprint density at radius 2 is 2.21 bits per heavy atom. The predicted octanol–water partition coefficient (Wildman–Crippen LogP) is 1.52. The highest BCUT2D eigenvalue weighted by atomic mass is 16.6. The monoisotopic (exact) mass is 195 g/mol. The van der Waals surface area contributed by atoms with Gasteiger partial charge in [0.1, 0.15) is 0 Å². The van der Waals surface area contributed by atoms with Crippen LogP contribution in [0.15, 0.2) is 30.9 Å². The van der Waals surface area contributed by atoms with Gasteiger partial charge in [0.05, 0.1) is 11.0 Å². The maximum atomic E-state index is 10.4. The molecule has 2 N–H and O–H groups in total. The highest BCUT2D eigenvalue weighted by molar-refractivity contribution is 5.48. The molecule has 1 rings (SSSR count). The lowest BCUT2D eigenvalue weighted by Gasteiger charge is -2.05. The zero-order chi connectivity index (χ0) is 10.7. The molecule has 5 nitrogen and oxygen atoms in total. The van der Waals surface area contributed by atoms with Crippen molar-refractivity contribution in [3.8, 4) is 5.75 Å². The molecular formula is C9H9NO4. The first-order chi connectivity index (χ1) is 6.56. The summed E-state index contributed by atoms with van der Waals surface area (Å²) in [5.41, 5.74) is -0.104. The summed E-state index contributed by atoms with van der Waals surface area (Å²) in [6.45, 7) is 3.35. The molecule has 1 unspecified atom stereocenters. The van der Waals surface area contributed by atoms with Gasteiger partial charge in [-0.1, -0.05) is 12.1 Å². The number of aromatic hydroxyl groups is 1. The molecule has 0 aliphatic heterocycles. The largest absolute Gasteiger partial charge is 0.502 e. The number of hydrogen-bond acceptors (Lipinski definition) is 4. The van der Waals surface area contributed by atoms with Crippen LogP contribution in [0.1, 0.15) is 11.7 Å². The van der Waals surface area contributed by atoms with Gasteiger partial charge in [0.2, 0.25) is 0 Å². The van der Waals surface area contributed by atoms with Gasteiger partial charge in [0.25, 0.3) is 0 Å². The molecule has 74 valence electrons. The molecule has 0 aliphatic carbocycles. The van der Waals surface area contributed by atoms with Gasteiger partial charge >= 0.3 is 5.69 Å². The smallest absolute Gasteiger partial charge is 0.311 e. The third kappa shape index (κ3) is 1.89. The molecule has 1 aromatic rings. The van der Waals surface area contributed by atoms with E-state index in [0.29, 0.717) is 5.56 Å². The molecule has 0 radical (unpaired) electrons. The van der Waals surface area contributed by atoms with Crippen molar-refractivity contribution in [2.45, 2.75) is 6.10 Å². The van der Waals surface area contributed by atoms with E-state index in [-0.39, 0.29) is 0 Å². The van der Waals surface area contributed by atoms with Gasteiger partial charge in [-0.15, -0.1) is 6.58 Å². The van der Waals surface area contributed by atoms with Crippen LogP contribution in [0.5, 0.6) is 5.75 Å². The van der Waals surface area contributed by atoms with Crippen molar-refractivity contribution >= 4 is 5.69 Å². The molecule has 0 aromatic heterocycles. The Bertz CT molecular complexity index is 375. The zero-order valence-corrected chi connectivity index (χ0v) is 7.25. The number of nitro benzene ring substituents is 1. The van der Waals surface area contributed by atoms with E-state index in [2.05, 4.69) is 6.58 Å². The van der Waals surface area contributed by atoms with Gasteiger partial charge in [-0.3, -0.25) is 10.1 Å². The van der Waals surface area contributed by atoms with Crippen LogP contribution in [0.4, 0.5) is 5.69 Å². The van der Waals surface area contributed by atoms with Crippen molar-refractivity contribution in [1.82, 2.24) is 0 Å². The first-order valence-corrected chi connectivity index (χ1v) is 3.84. The van der Waals surface area contributed by atoms with Crippen LogP contribution in [0, 0.1) is 10.1 Å². The lowest BCUT2D eigenvalue weighted by atomic mass is 10.1. The topological polar surface area (TPSA) is 83.6 Å². The minimum absolute atomic E-state index is 0.324. The number of nitrogens with zero attached hydrogens (tertiary/aromatic N) is 1. The second-order valence-corrected chi connectivity index (χ2v) is 2.69. The number of rotatable bonds is 3. The highest BCUT2D eigenvalue weighted by Gasteiger charge is 2.15. The van der Waals surface area contributed by atoms with E-state index in [1.54, 1.807) is 0 Å². The van der Waals surface area contributed by atoms with Gasteiger partial charge in [0, 0.05) is 6.07 Å². The van der Waals surface area contributed by atoms with E-state index in [1.807, 2.05) is 0 Å². The number of benzene rings is 1. The number of phenols is 1. The summed E-state index contributed by atoms with van der Waals surface area (Å²) < 4.78 is 0. The summed E-state index contributed by atoms with van der Waals surface area (Å²) >= 11 is 0. The highest BCUT2D eigenvalue weighted by Crippen LogP contribution is 2.28. The average Bonchev–Trinajstić information content (AvgIpc) is 2.17. The molecule has 0 heterocycles. The molecule has 14 heavy (non-hydrogen) atoms. The third-order valence-electron chi connectivity index (χ3n) is 1.76. The molecule has 0 fully saturated rings. The Morgan fingerprint density at radius 1 is 1.57 bits per heavy atom. The molecule has 0 aliphatic rings. The van der Waals surface area contributed by atoms with Crippen LogP contribution in [-0.2, 0) is 0 Å². The van der Waals surface area contributed by atoms with Crippen molar-refractivity contribution in [2.75, 3.05) is 0 Å². The maximum absolute atomic E-state index is 10.4. The summed E-state index contributed by atoms with van der Waals surface area (Å²) in [6, 6.07) is 3.68. The summed E-state index contributed by atoms with van der Waals surface area (Å²) in [5.74, 6) is -0.421. The summed E-state index contributed by atoms with van der Waals surface area (Å²) in [6.07, 6.45) is 0.283. The number of aliphatic hydroxyl groups excluding tert-OH is 1. The van der Waals surface area contributed by atoms with Gasteiger partial charge in [-0.2, -0.15) is 0 Å². The maximum Gasteiger partial charge on any atom is 0.311 e. The number of nitro groups is 1. The first-order valence-electron chi connectivity index (χ1n) is 3.84. The fraction of sp³-hybridized carbons (Fsp3) is 0.111. The minimum Gasteiger partial charge on any atom is -0.502 e.